The van der Waals surface area contributed by atoms with Crippen LogP contribution in [0.2, 0.25) is 0 Å². The van der Waals surface area contributed by atoms with E-state index >= 15 is 0 Å². The molecule has 0 aliphatic carbocycles. The van der Waals surface area contributed by atoms with Crippen LogP contribution < -0.4 is 10.5 Å². The summed E-state index contributed by atoms with van der Waals surface area (Å²) in [6.07, 6.45) is 7.13. The van der Waals surface area contributed by atoms with E-state index < -0.39 is 0 Å². The van der Waals surface area contributed by atoms with Gasteiger partial charge in [0.1, 0.15) is 6.61 Å². The van der Waals surface area contributed by atoms with Gasteiger partial charge in [-0.1, -0.05) is 0 Å². The monoisotopic (exact) mass is 241 g/mol. The van der Waals surface area contributed by atoms with E-state index in [4.69, 9.17) is 16.9 Å². The lowest BCUT2D eigenvalue weighted by molar-refractivity contribution is 0.312. The molecule has 1 aromatic heterocycles. The predicted octanol–water partition coefficient (Wildman–Crippen LogP) is 1.22. The normalized spacial score (nSPS) is 9.23. The molecule has 0 unspecified atom stereocenters. The summed E-state index contributed by atoms with van der Waals surface area (Å²) in [7, 11) is 0. The highest BCUT2D eigenvalue weighted by Crippen LogP contribution is 2.21. The minimum Gasteiger partial charge on any atom is -0.476 e. The maximum Gasteiger partial charge on any atom is 0.232 e. The number of anilines is 1. The second kappa shape index (κ2) is 4.67. The van der Waals surface area contributed by atoms with E-state index in [0.29, 0.717) is 23.4 Å². The number of halogens is 1. The van der Waals surface area contributed by atoms with Gasteiger partial charge >= 0.3 is 0 Å². The minimum atomic E-state index is 0.180. The average molecular weight is 242 g/mol. The van der Waals surface area contributed by atoms with Crippen LogP contribution in [0.4, 0.5) is 5.95 Å². The van der Waals surface area contributed by atoms with Gasteiger partial charge in [-0.2, -0.15) is 4.98 Å². The van der Waals surface area contributed by atoms with Crippen LogP contribution in [0.5, 0.6) is 5.88 Å². The van der Waals surface area contributed by atoms with Crippen molar-refractivity contribution >= 4 is 21.9 Å². The third kappa shape index (κ3) is 2.92. The van der Waals surface area contributed by atoms with Gasteiger partial charge in [0.15, 0.2) is 0 Å². The maximum atomic E-state index is 5.37. The first-order valence-electron chi connectivity index (χ1n) is 3.58. The highest BCUT2D eigenvalue weighted by atomic mass is 79.9. The van der Waals surface area contributed by atoms with Crippen LogP contribution >= 0.6 is 15.9 Å². The zero-order chi connectivity index (χ0) is 9.68. The first-order valence-corrected chi connectivity index (χ1v) is 4.37. The number of aromatic nitrogens is 2. The van der Waals surface area contributed by atoms with E-state index in [1.54, 1.807) is 0 Å². The largest absolute Gasteiger partial charge is 0.476 e. The van der Waals surface area contributed by atoms with Gasteiger partial charge in [0.25, 0.3) is 0 Å². The number of nitrogens with two attached hydrogens (primary N) is 1. The molecule has 0 amide bonds. The molecule has 0 saturated heterocycles. The number of hydrogen-bond donors (Lipinski definition) is 1. The summed E-state index contributed by atoms with van der Waals surface area (Å²) in [6.45, 7) is 0.422. The predicted molar refractivity (Wildman–Crippen MR) is 53.1 cm³/mol. The topological polar surface area (TPSA) is 61.0 Å². The molecule has 0 aromatic carbocycles. The van der Waals surface area contributed by atoms with Crippen LogP contribution in [0.3, 0.4) is 0 Å². The molecule has 0 fully saturated rings. The summed E-state index contributed by atoms with van der Waals surface area (Å²) in [5, 5.41) is 0. The molecular weight excluding hydrogens is 234 g/mol. The third-order valence-electron chi connectivity index (χ3n) is 1.22. The highest BCUT2D eigenvalue weighted by Gasteiger charge is 2.03. The fraction of sp³-hybridized carbons (Fsp3) is 0.250. The second-order valence-corrected chi connectivity index (χ2v) is 3.04. The number of nitrogen functional groups attached to an aromatic ring is 1. The Bertz CT molecular complexity index is 335. The van der Waals surface area contributed by atoms with Crippen LogP contribution in [0.25, 0.3) is 0 Å². The fourth-order valence-electron chi connectivity index (χ4n) is 0.672. The van der Waals surface area contributed by atoms with E-state index in [1.165, 1.54) is 6.20 Å². The Balaban J connectivity index is 2.65. The van der Waals surface area contributed by atoms with Crippen molar-refractivity contribution in [3.8, 4) is 18.2 Å². The van der Waals surface area contributed by atoms with Crippen molar-refractivity contribution in [3.05, 3.63) is 10.7 Å². The lowest BCUT2D eigenvalue weighted by Crippen LogP contribution is -2.02. The molecule has 0 aliphatic heterocycles. The summed E-state index contributed by atoms with van der Waals surface area (Å²) < 4.78 is 5.90. The Morgan fingerprint density at radius 3 is 3.15 bits per heavy atom. The van der Waals surface area contributed by atoms with Gasteiger partial charge in [0, 0.05) is 6.42 Å². The van der Waals surface area contributed by atoms with Crippen LogP contribution in [-0.4, -0.2) is 16.6 Å². The van der Waals surface area contributed by atoms with Gasteiger partial charge in [-0.25, -0.2) is 4.98 Å². The molecule has 4 nitrogen and oxygen atoms in total. The molecular formula is C8H8BrN3O. The SMILES string of the molecule is C#CCCOc1nc(N)ncc1Br. The van der Waals surface area contributed by atoms with Crippen LogP contribution in [0, 0.1) is 12.3 Å². The first kappa shape index (κ1) is 9.81. The zero-order valence-corrected chi connectivity index (χ0v) is 8.41. The number of ether oxygens (including phenoxy) is 1. The number of rotatable bonds is 3. The zero-order valence-electron chi connectivity index (χ0n) is 6.83. The van der Waals surface area contributed by atoms with Gasteiger partial charge in [-0.3, -0.25) is 0 Å². The molecule has 13 heavy (non-hydrogen) atoms. The van der Waals surface area contributed by atoms with Crippen LogP contribution in [-0.2, 0) is 0 Å². The van der Waals surface area contributed by atoms with Gasteiger partial charge in [0.05, 0.1) is 10.7 Å². The summed E-state index contributed by atoms with van der Waals surface area (Å²) in [5.41, 5.74) is 5.37. The van der Waals surface area contributed by atoms with Gasteiger partial charge < -0.3 is 10.5 Å². The molecule has 68 valence electrons. The van der Waals surface area contributed by atoms with E-state index in [1.807, 2.05) is 0 Å². The van der Waals surface area contributed by atoms with E-state index in [0.717, 1.165) is 0 Å². The van der Waals surface area contributed by atoms with Crippen molar-refractivity contribution < 1.29 is 4.74 Å². The lowest BCUT2D eigenvalue weighted by Gasteiger charge is -2.04. The Morgan fingerprint density at radius 2 is 2.46 bits per heavy atom. The van der Waals surface area contributed by atoms with Crippen molar-refractivity contribution in [1.82, 2.24) is 9.97 Å². The molecule has 5 heteroatoms. The molecule has 0 spiro atoms. The van der Waals surface area contributed by atoms with Crippen molar-refractivity contribution in [3.63, 3.8) is 0 Å². The van der Waals surface area contributed by atoms with E-state index in [9.17, 15) is 0 Å². The van der Waals surface area contributed by atoms with E-state index in [2.05, 4.69) is 31.8 Å². The van der Waals surface area contributed by atoms with Gasteiger partial charge in [-0.05, 0) is 15.9 Å². The number of nitrogens with zero attached hydrogens (tertiary/aromatic N) is 2. The molecule has 1 rings (SSSR count). The molecule has 0 aliphatic rings. The Hall–Kier alpha value is -1.28. The first-order chi connectivity index (χ1) is 6.24. The summed E-state index contributed by atoms with van der Waals surface area (Å²) in [4.78, 5) is 7.64. The van der Waals surface area contributed by atoms with Crippen molar-refractivity contribution in [2.24, 2.45) is 0 Å². The Labute approximate surface area is 84.7 Å². The third-order valence-corrected chi connectivity index (χ3v) is 1.76. The molecule has 2 N–H and O–H groups in total. The molecule has 1 heterocycles. The van der Waals surface area contributed by atoms with Crippen molar-refractivity contribution in [2.45, 2.75) is 6.42 Å². The molecule has 0 bridgehead atoms. The second-order valence-electron chi connectivity index (χ2n) is 2.18. The maximum absolute atomic E-state index is 5.37. The van der Waals surface area contributed by atoms with Crippen molar-refractivity contribution in [1.29, 1.82) is 0 Å². The molecule has 0 atom stereocenters. The van der Waals surface area contributed by atoms with Gasteiger partial charge in [-0.15, -0.1) is 12.3 Å². The summed E-state index contributed by atoms with van der Waals surface area (Å²) >= 11 is 3.23. The average Bonchev–Trinajstić information content (AvgIpc) is 2.11. The molecule has 1 aromatic rings. The van der Waals surface area contributed by atoms with Crippen LogP contribution in [0.15, 0.2) is 10.7 Å². The lowest BCUT2D eigenvalue weighted by atomic mass is 10.5. The Kier molecular flexibility index (Phi) is 3.53. The standard InChI is InChI=1S/C8H8BrN3O/c1-2-3-4-13-7-6(9)5-11-8(10)12-7/h1,5H,3-4H2,(H2,10,11,12). The smallest absolute Gasteiger partial charge is 0.232 e. The molecule has 0 radical (unpaired) electrons. The summed E-state index contributed by atoms with van der Waals surface area (Å²) in [5.74, 6) is 3.06. The van der Waals surface area contributed by atoms with Gasteiger partial charge in [0.2, 0.25) is 11.8 Å². The quantitative estimate of drug-likeness (QED) is 0.639. The fourth-order valence-corrected chi connectivity index (χ4v) is 0.978. The number of terminal acetylenes is 1. The Morgan fingerprint density at radius 1 is 1.69 bits per heavy atom. The minimum absolute atomic E-state index is 0.180. The van der Waals surface area contributed by atoms with Crippen LogP contribution in [0.1, 0.15) is 6.42 Å². The highest BCUT2D eigenvalue weighted by molar-refractivity contribution is 9.10. The van der Waals surface area contributed by atoms with E-state index in [-0.39, 0.29) is 5.95 Å². The van der Waals surface area contributed by atoms with Crippen molar-refractivity contribution in [2.75, 3.05) is 12.3 Å². The number of hydrogen-bond acceptors (Lipinski definition) is 4. The molecule has 0 saturated carbocycles. The summed E-state index contributed by atoms with van der Waals surface area (Å²) in [6, 6.07) is 0.